The van der Waals surface area contributed by atoms with Crippen molar-refractivity contribution in [2.45, 2.75) is 13.0 Å². The van der Waals surface area contributed by atoms with Crippen molar-refractivity contribution in [2.24, 2.45) is 0 Å². The Labute approximate surface area is 145 Å². The molecule has 0 spiro atoms. The molecule has 1 N–H and O–H groups in total. The normalized spacial score (nSPS) is 11.7. The average molecular weight is 401 g/mol. The minimum atomic E-state index is -1.09. The number of anilines is 1. The Morgan fingerprint density at radius 1 is 1.26 bits per heavy atom. The van der Waals surface area contributed by atoms with Gasteiger partial charge >= 0.3 is 5.97 Å². The summed E-state index contributed by atoms with van der Waals surface area (Å²) in [6.45, 7) is 1.40. The van der Waals surface area contributed by atoms with E-state index in [1.165, 1.54) is 19.1 Å². The van der Waals surface area contributed by atoms with Crippen molar-refractivity contribution < 1.29 is 18.7 Å². The molecule has 0 aliphatic carbocycles. The number of nitrogens with one attached hydrogen (secondary N) is 1. The second kappa shape index (κ2) is 7.57. The molecule has 7 heteroatoms. The maximum atomic E-state index is 13.7. The van der Waals surface area contributed by atoms with Gasteiger partial charge in [-0.1, -0.05) is 33.6 Å². The van der Waals surface area contributed by atoms with Gasteiger partial charge < -0.3 is 10.1 Å². The third-order valence-corrected chi connectivity index (χ3v) is 3.62. The van der Waals surface area contributed by atoms with Crippen LogP contribution in [0.15, 0.2) is 46.9 Å². The standard InChI is InChI=1S/C16H12BrClFNO3/c1-9(15(21)20-12-4-2-3-10(17)7-12)23-16(22)13-6-5-11(18)8-14(13)19/h2-9H,1H3,(H,20,21)/t9-/m0/s1. The zero-order valence-electron chi connectivity index (χ0n) is 12.0. The number of amides is 1. The summed E-state index contributed by atoms with van der Waals surface area (Å²) in [5.41, 5.74) is 0.265. The van der Waals surface area contributed by atoms with E-state index in [2.05, 4.69) is 21.2 Å². The van der Waals surface area contributed by atoms with Crippen LogP contribution in [0.5, 0.6) is 0 Å². The second-order valence-electron chi connectivity index (χ2n) is 4.67. The molecular weight excluding hydrogens is 389 g/mol. The van der Waals surface area contributed by atoms with Gasteiger partial charge in [0, 0.05) is 15.2 Å². The molecule has 2 aromatic rings. The molecule has 0 saturated carbocycles. The smallest absolute Gasteiger partial charge is 0.341 e. The van der Waals surface area contributed by atoms with Crippen LogP contribution in [0.2, 0.25) is 5.02 Å². The minimum absolute atomic E-state index is 0.166. The summed E-state index contributed by atoms with van der Waals surface area (Å²) in [6.07, 6.45) is -1.09. The van der Waals surface area contributed by atoms with E-state index in [4.69, 9.17) is 16.3 Å². The van der Waals surface area contributed by atoms with Gasteiger partial charge in [-0.25, -0.2) is 9.18 Å². The fourth-order valence-electron chi connectivity index (χ4n) is 1.74. The highest BCUT2D eigenvalue weighted by atomic mass is 79.9. The number of rotatable bonds is 4. The number of ether oxygens (including phenoxy) is 1. The van der Waals surface area contributed by atoms with Crippen LogP contribution in [0.4, 0.5) is 10.1 Å². The lowest BCUT2D eigenvalue weighted by molar-refractivity contribution is -0.123. The maximum Gasteiger partial charge on any atom is 0.341 e. The second-order valence-corrected chi connectivity index (χ2v) is 6.02. The SMILES string of the molecule is C[C@H](OC(=O)c1ccc(Cl)cc1F)C(=O)Nc1cccc(Br)c1. The first kappa shape index (κ1) is 17.4. The van der Waals surface area contributed by atoms with Crippen molar-refractivity contribution in [1.29, 1.82) is 0 Å². The van der Waals surface area contributed by atoms with Gasteiger partial charge in [0.1, 0.15) is 5.82 Å². The molecule has 0 aromatic heterocycles. The van der Waals surface area contributed by atoms with Crippen molar-refractivity contribution in [2.75, 3.05) is 5.32 Å². The van der Waals surface area contributed by atoms with Crippen LogP contribution >= 0.6 is 27.5 Å². The predicted molar refractivity (Wildman–Crippen MR) is 89.1 cm³/mol. The van der Waals surface area contributed by atoms with E-state index < -0.39 is 23.8 Å². The lowest BCUT2D eigenvalue weighted by Crippen LogP contribution is -2.30. The maximum absolute atomic E-state index is 13.7. The molecule has 2 aromatic carbocycles. The molecule has 0 bridgehead atoms. The molecule has 0 aliphatic rings. The quantitative estimate of drug-likeness (QED) is 0.773. The Morgan fingerprint density at radius 2 is 2.00 bits per heavy atom. The van der Waals surface area contributed by atoms with Gasteiger partial charge in [-0.05, 0) is 43.3 Å². The Hall–Kier alpha value is -1.92. The van der Waals surface area contributed by atoms with Crippen molar-refractivity contribution in [3.8, 4) is 0 Å². The number of carbonyl (C=O) groups is 2. The lowest BCUT2D eigenvalue weighted by Gasteiger charge is -2.14. The van der Waals surface area contributed by atoms with E-state index in [9.17, 15) is 14.0 Å². The van der Waals surface area contributed by atoms with Crippen LogP contribution in [0.1, 0.15) is 17.3 Å². The predicted octanol–water partition coefficient (Wildman–Crippen LogP) is 4.43. The number of benzene rings is 2. The molecule has 4 nitrogen and oxygen atoms in total. The first-order chi connectivity index (χ1) is 10.9. The Kier molecular flexibility index (Phi) is 5.74. The Balaban J connectivity index is 2.01. The number of hydrogen-bond donors (Lipinski definition) is 1. The fourth-order valence-corrected chi connectivity index (χ4v) is 2.30. The van der Waals surface area contributed by atoms with E-state index >= 15 is 0 Å². The molecule has 1 atom stereocenters. The highest BCUT2D eigenvalue weighted by Gasteiger charge is 2.21. The van der Waals surface area contributed by atoms with Crippen LogP contribution in [-0.4, -0.2) is 18.0 Å². The summed E-state index contributed by atoms with van der Waals surface area (Å²) in [5.74, 6) is -2.26. The topological polar surface area (TPSA) is 55.4 Å². The van der Waals surface area contributed by atoms with E-state index in [1.54, 1.807) is 18.2 Å². The molecule has 0 heterocycles. The summed E-state index contributed by atoms with van der Waals surface area (Å²) in [4.78, 5) is 23.9. The van der Waals surface area contributed by atoms with Crippen LogP contribution in [0, 0.1) is 5.82 Å². The number of esters is 1. The molecule has 2 rings (SSSR count). The van der Waals surface area contributed by atoms with E-state index in [-0.39, 0.29) is 10.6 Å². The van der Waals surface area contributed by atoms with Crippen LogP contribution < -0.4 is 5.32 Å². The molecule has 0 radical (unpaired) electrons. The minimum Gasteiger partial charge on any atom is -0.449 e. The van der Waals surface area contributed by atoms with Crippen LogP contribution in [-0.2, 0) is 9.53 Å². The summed E-state index contributed by atoms with van der Waals surface area (Å²) >= 11 is 8.91. The summed E-state index contributed by atoms with van der Waals surface area (Å²) < 4.78 is 19.4. The highest BCUT2D eigenvalue weighted by molar-refractivity contribution is 9.10. The van der Waals surface area contributed by atoms with Gasteiger partial charge in [-0.3, -0.25) is 4.79 Å². The zero-order valence-corrected chi connectivity index (χ0v) is 14.3. The first-order valence-electron chi connectivity index (χ1n) is 6.59. The zero-order chi connectivity index (χ0) is 17.0. The van der Waals surface area contributed by atoms with Gasteiger partial charge in [-0.15, -0.1) is 0 Å². The molecule has 23 heavy (non-hydrogen) atoms. The van der Waals surface area contributed by atoms with Crippen molar-refractivity contribution >= 4 is 45.1 Å². The fraction of sp³-hybridized carbons (Fsp3) is 0.125. The largest absolute Gasteiger partial charge is 0.449 e. The van der Waals surface area contributed by atoms with E-state index in [1.807, 2.05) is 6.07 Å². The third kappa shape index (κ3) is 4.77. The van der Waals surface area contributed by atoms with E-state index in [0.717, 1.165) is 10.5 Å². The van der Waals surface area contributed by atoms with Crippen molar-refractivity contribution in [3.05, 3.63) is 63.3 Å². The molecular formula is C16H12BrClFNO3. The van der Waals surface area contributed by atoms with Crippen LogP contribution in [0.3, 0.4) is 0 Å². The van der Waals surface area contributed by atoms with E-state index in [0.29, 0.717) is 5.69 Å². The molecule has 0 unspecified atom stereocenters. The summed E-state index contributed by atoms with van der Waals surface area (Å²) in [5, 5.41) is 2.77. The summed E-state index contributed by atoms with van der Waals surface area (Å²) in [6, 6.07) is 10.5. The molecule has 1 amide bonds. The van der Waals surface area contributed by atoms with Crippen molar-refractivity contribution in [3.63, 3.8) is 0 Å². The Bertz CT molecular complexity index is 754. The van der Waals surface area contributed by atoms with Gasteiger partial charge in [0.15, 0.2) is 6.10 Å². The molecule has 0 fully saturated rings. The average Bonchev–Trinajstić information content (AvgIpc) is 2.46. The molecule has 0 saturated heterocycles. The molecule has 120 valence electrons. The molecule has 0 aliphatic heterocycles. The number of halogens is 3. The highest BCUT2D eigenvalue weighted by Crippen LogP contribution is 2.18. The van der Waals surface area contributed by atoms with Gasteiger partial charge in [0.25, 0.3) is 5.91 Å². The summed E-state index contributed by atoms with van der Waals surface area (Å²) in [7, 11) is 0. The van der Waals surface area contributed by atoms with Gasteiger partial charge in [0.2, 0.25) is 0 Å². The number of hydrogen-bond acceptors (Lipinski definition) is 3. The van der Waals surface area contributed by atoms with Crippen LogP contribution in [0.25, 0.3) is 0 Å². The number of carbonyl (C=O) groups excluding carboxylic acids is 2. The monoisotopic (exact) mass is 399 g/mol. The first-order valence-corrected chi connectivity index (χ1v) is 7.76. The van der Waals surface area contributed by atoms with Gasteiger partial charge in [0.05, 0.1) is 5.56 Å². The van der Waals surface area contributed by atoms with Crippen molar-refractivity contribution in [1.82, 2.24) is 0 Å². The lowest BCUT2D eigenvalue weighted by atomic mass is 10.2. The van der Waals surface area contributed by atoms with Gasteiger partial charge in [-0.2, -0.15) is 0 Å². The Morgan fingerprint density at radius 3 is 2.65 bits per heavy atom. The third-order valence-electron chi connectivity index (χ3n) is 2.90.